The van der Waals surface area contributed by atoms with Gasteiger partial charge in [0, 0.05) is 49.9 Å². The van der Waals surface area contributed by atoms with Crippen LogP contribution in [0.2, 0.25) is 10.0 Å². The Morgan fingerprint density at radius 2 is 1.73 bits per heavy atom. The number of likely N-dealkylation sites (N-methyl/N-ethyl adjacent to an activating group) is 1. The van der Waals surface area contributed by atoms with Gasteiger partial charge in [-0.25, -0.2) is 4.79 Å². The number of hydrogen-bond acceptors (Lipinski definition) is 4. The maximum Gasteiger partial charge on any atom is 0.335 e. The summed E-state index contributed by atoms with van der Waals surface area (Å²) >= 11 is 12.9. The zero-order valence-electron chi connectivity index (χ0n) is 23.1. The Morgan fingerprint density at radius 3 is 2.41 bits per heavy atom. The third kappa shape index (κ3) is 6.67. The normalized spacial score (nSPS) is 15.8. The number of aryl methyl sites for hydroxylation is 1. The van der Waals surface area contributed by atoms with Gasteiger partial charge in [-0.2, -0.15) is 0 Å². The SMILES string of the molecule is CN(C)C(=O)/C=C/CN1CC(Oc2ccc(C3=C(c4ccc(Cl)cc4Cl)CCCc4cc(C(=O)O)ccc43)cc2)C1. The fourth-order valence-electron chi connectivity index (χ4n) is 5.34. The predicted octanol–water partition coefficient (Wildman–Crippen LogP) is 6.69. The summed E-state index contributed by atoms with van der Waals surface area (Å²) in [7, 11) is 3.47. The highest BCUT2D eigenvalue weighted by atomic mass is 35.5. The lowest BCUT2D eigenvalue weighted by atomic mass is 9.87. The molecule has 41 heavy (non-hydrogen) atoms. The lowest BCUT2D eigenvalue weighted by molar-refractivity contribution is -0.123. The Kier molecular flexibility index (Phi) is 8.83. The molecule has 0 bridgehead atoms. The molecule has 0 aromatic heterocycles. The highest BCUT2D eigenvalue weighted by Gasteiger charge is 2.28. The predicted molar refractivity (Wildman–Crippen MR) is 164 cm³/mol. The highest BCUT2D eigenvalue weighted by molar-refractivity contribution is 6.36. The van der Waals surface area contributed by atoms with E-state index in [1.807, 2.05) is 36.4 Å². The van der Waals surface area contributed by atoms with Crippen LogP contribution in [0, 0.1) is 0 Å². The number of carboxylic acid groups (broad SMARTS) is 1. The summed E-state index contributed by atoms with van der Waals surface area (Å²) in [5, 5.41) is 10.8. The van der Waals surface area contributed by atoms with E-state index in [9.17, 15) is 14.7 Å². The molecule has 1 aliphatic heterocycles. The van der Waals surface area contributed by atoms with Crippen LogP contribution in [0.3, 0.4) is 0 Å². The van der Waals surface area contributed by atoms with Crippen LogP contribution >= 0.6 is 23.2 Å². The van der Waals surface area contributed by atoms with Gasteiger partial charge in [-0.3, -0.25) is 9.69 Å². The summed E-state index contributed by atoms with van der Waals surface area (Å²) in [6.07, 6.45) is 6.00. The molecule has 8 heteroatoms. The molecule has 0 unspecified atom stereocenters. The van der Waals surface area contributed by atoms with E-state index in [4.69, 9.17) is 27.9 Å². The van der Waals surface area contributed by atoms with Gasteiger partial charge in [0.1, 0.15) is 11.9 Å². The second-order valence-corrected chi connectivity index (χ2v) is 11.5. The maximum atomic E-state index is 11.7. The van der Waals surface area contributed by atoms with Crippen LogP contribution in [0.15, 0.2) is 72.8 Å². The van der Waals surface area contributed by atoms with Gasteiger partial charge in [-0.15, -0.1) is 0 Å². The number of carbonyl (C=O) groups is 2. The van der Waals surface area contributed by atoms with Crippen LogP contribution in [0.5, 0.6) is 5.75 Å². The third-order valence-electron chi connectivity index (χ3n) is 7.49. The van der Waals surface area contributed by atoms with Gasteiger partial charge < -0.3 is 14.7 Å². The number of fused-ring (bicyclic) bond motifs is 1. The molecule has 1 fully saturated rings. The first-order chi connectivity index (χ1) is 19.7. The fraction of sp³-hybridized carbons (Fsp3) is 0.273. The number of aromatic carboxylic acids is 1. The van der Waals surface area contributed by atoms with E-state index in [2.05, 4.69) is 17.0 Å². The minimum Gasteiger partial charge on any atom is -0.488 e. The Balaban J connectivity index is 1.39. The first kappa shape index (κ1) is 28.9. The van der Waals surface area contributed by atoms with Crippen molar-refractivity contribution in [2.75, 3.05) is 33.7 Å². The largest absolute Gasteiger partial charge is 0.488 e. The van der Waals surface area contributed by atoms with Crippen molar-refractivity contribution in [3.05, 3.63) is 111 Å². The molecule has 3 aromatic rings. The van der Waals surface area contributed by atoms with E-state index in [-0.39, 0.29) is 17.6 Å². The molecule has 0 radical (unpaired) electrons. The maximum absolute atomic E-state index is 11.7. The monoisotopic (exact) mass is 590 g/mol. The summed E-state index contributed by atoms with van der Waals surface area (Å²) in [5.74, 6) is -0.162. The van der Waals surface area contributed by atoms with E-state index in [1.165, 1.54) is 0 Å². The molecule has 1 N–H and O–H groups in total. The number of ether oxygens (including phenoxy) is 1. The topological polar surface area (TPSA) is 70.1 Å². The average molecular weight is 592 g/mol. The van der Waals surface area contributed by atoms with E-state index in [1.54, 1.807) is 43.3 Å². The minimum atomic E-state index is -0.933. The van der Waals surface area contributed by atoms with Gasteiger partial charge in [0.15, 0.2) is 0 Å². The molecule has 1 heterocycles. The van der Waals surface area contributed by atoms with E-state index in [0.29, 0.717) is 16.6 Å². The summed E-state index contributed by atoms with van der Waals surface area (Å²) in [6, 6.07) is 19.0. The number of allylic oxidation sites excluding steroid dienone is 1. The first-order valence-electron chi connectivity index (χ1n) is 13.6. The first-order valence-corrected chi connectivity index (χ1v) is 14.4. The van der Waals surface area contributed by atoms with Crippen molar-refractivity contribution in [1.82, 2.24) is 9.80 Å². The molecule has 5 rings (SSSR count). The molecule has 0 spiro atoms. The summed E-state index contributed by atoms with van der Waals surface area (Å²) in [4.78, 5) is 27.2. The number of hydrogen-bond donors (Lipinski definition) is 1. The van der Waals surface area contributed by atoms with Gasteiger partial charge >= 0.3 is 5.97 Å². The number of likely N-dealkylation sites (tertiary alicyclic amines) is 1. The van der Waals surface area contributed by atoms with Crippen molar-refractivity contribution in [3.8, 4) is 5.75 Å². The zero-order valence-corrected chi connectivity index (χ0v) is 24.6. The summed E-state index contributed by atoms with van der Waals surface area (Å²) in [6.45, 7) is 2.31. The van der Waals surface area contributed by atoms with Crippen molar-refractivity contribution in [1.29, 1.82) is 0 Å². The molecule has 6 nitrogen and oxygen atoms in total. The molecule has 0 saturated carbocycles. The second kappa shape index (κ2) is 12.5. The molecule has 0 atom stereocenters. The van der Waals surface area contributed by atoms with Crippen molar-refractivity contribution >= 4 is 46.2 Å². The molecule has 3 aromatic carbocycles. The van der Waals surface area contributed by atoms with Crippen LogP contribution in [-0.2, 0) is 11.2 Å². The smallest absolute Gasteiger partial charge is 0.335 e. The number of amides is 1. The Hall–Kier alpha value is -3.58. The molecule has 1 saturated heterocycles. The van der Waals surface area contributed by atoms with Crippen molar-refractivity contribution in [2.45, 2.75) is 25.4 Å². The van der Waals surface area contributed by atoms with Gasteiger partial charge in [0.05, 0.1) is 5.56 Å². The van der Waals surface area contributed by atoms with Gasteiger partial charge in [0.25, 0.3) is 0 Å². The lowest BCUT2D eigenvalue weighted by Crippen LogP contribution is -2.53. The highest BCUT2D eigenvalue weighted by Crippen LogP contribution is 2.42. The zero-order chi connectivity index (χ0) is 29.1. The van der Waals surface area contributed by atoms with Crippen LogP contribution in [0.25, 0.3) is 11.1 Å². The summed E-state index contributed by atoms with van der Waals surface area (Å²) < 4.78 is 6.21. The number of halogens is 2. The second-order valence-electron chi connectivity index (χ2n) is 10.6. The molecular weight excluding hydrogens is 559 g/mol. The van der Waals surface area contributed by atoms with Crippen molar-refractivity contribution in [3.63, 3.8) is 0 Å². The molecule has 212 valence electrons. The molecule has 1 aliphatic carbocycles. The number of benzene rings is 3. The average Bonchev–Trinajstić information content (AvgIpc) is 3.11. The van der Waals surface area contributed by atoms with Crippen LogP contribution in [0.4, 0.5) is 0 Å². The van der Waals surface area contributed by atoms with Gasteiger partial charge in [-0.05, 0) is 89.1 Å². The van der Waals surface area contributed by atoms with Gasteiger partial charge in [-0.1, -0.05) is 53.5 Å². The molecular formula is C33H32Cl2N2O4. The van der Waals surface area contributed by atoms with E-state index in [0.717, 1.165) is 71.5 Å². The van der Waals surface area contributed by atoms with Crippen molar-refractivity contribution < 1.29 is 19.4 Å². The Bertz CT molecular complexity index is 1520. The Labute approximate surface area is 250 Å². The molecule has 1 amide bonds. The van der Waals surface area contributed by atoms with Gasteiger partial charge in [0.2, 0.25) is 5.91 Å². The molecule has 2 aliphatic rings. The number of rotatable bonds is 8. The Morgan fingerprint density at radius 1 is 1.00 bits per heavy atom. The number of nitrogens with zero attached hydrogens (tertiary/aromatic N) is 2. The van der Waals surface area contributed by atoms with Crippen molar-refractivity contribution in [2.24, 2.45) is 0 Å². The number of carboxylic acids is 1. The standard InChI is InChI=1S/C33H32Cl2N2O4/c1-36(2)31(38)7-4-16-37-19-26(20-37)41-25-12-8-21(9-13-25)32-27-14-10-23(33(39)40)17-22(27)5-3-6-29(32)28-15-11-24(34)18-30(28)35/h4,7-15,17-18,26H,3,5-6,16,19-20H2,1-2H3,(H,39,40)/b7-4+. The number of carbonyl (C=O) groups excluding carboxylic acids is 1. The van der Waals surface area contributed by atoms with E-state index < -0.39 is 5.97 Å². The van der Waals surface area contributed by atoms with E-state index >= 15 is 0 Å². The van der Waals surface area contributed by atoms with Crippen LogP contribution < -0.4 is 4.74 Å². The van der Waals surface area contributed by atoms with Crippen LogP contribution in [0.1, 0.15) is 45.5 Å². The lowest BCUT2D eigenvalue weighted by Gasteiger charge is -2.38. The minimum absolute atomic E-state index is 0.0198. The van der Waals surface area contributed by atoms with Crippen LogP contribution in [-0.4, -0.2) is 66.6 Å². The quantitative estimate of drug-likeness (QED) is 0.296. The third-order valence-corrected chi connectivity index (χ3v) is 8.03. The summed E-state index contributed by atoms with van der Waals surface area (Å²) in [5.41, 5.74) is 6.40. The fourth-order valence-corrected chi connectivity index (χ4v) is 5.87.